The number of nitrogens with two attached hydrogens (primary N) is 1. The van der Waals surface area contributed by atoms with E-state index in [9.17, 15) is 9.90 Å². The quantitative estimate of drug-likeness (QED) is 0.798. The lowest BCUT2D eigenvalue weighted by Crippen LogP contribution is -2.51. The number of piperidine rings is 1. The highest BCUT2D eigenvalue weighted by molar-refractivity contribution is 5.79. The molecule has 0 aromatic rings. The average Bonchev–Trinajstić information content (AvgIpc) is 2.36. The van der Waals surface area contributed by atoms with Gasteiger partial charge in [0.15, 0.2) is 0 Å². The van der Waals surface area contributed by atoms with Crippen LogP contribution in [0.4, 0.5) is 0 Å². The fourth-order valence-electron chi connectivity index (χ4n) is 3.62. The average molecular weight is 268 g/mol. The second kappa shape index (κ2) is 5.80. The monoisotopic (exact) mass is 268 g/mol. The third kappa shape index (κ3) is 3.69. The van der Waals surface area contributed by atoms with Gasteiger partial charge in [-0.25, -0.2) is 0 Å². The van der Waals surface area contributed by atoms with Crippen molar-refractivity contribution in [1.82, 2.24) is 4.90 Å². The second-order valence-electron chi connectivity index (χ2n) is 6.84. The first-order valence-electron chi connectivity index (χ1n) is 7.66. The molecular formula is C15H28N2O2. The van der Waals surface area contributed by atoms with Crippen LogP contribution in [0.5, 0.6) is 0 Å². The Morgan fingerprint density at radius 3 is 2.79 bits per heavy atom. The lowest BCUT2D eigenvalue weighted by atomic mass is 9.78. The van der Waals surface area contributed by atoms with Gasteiger partial charge in [-0.2, -0.15) is 0 Å². The zero-order valence-electron chi connectivity index (χ0n) is 12.3. The summed E-state index contributed by atoms with van der Waals surface area (Å²) in [5.41, 5.74) is 5.31. The standard InChI is InChI=1S/C15H28N2O2/c1-11(12-5-3-6-13(16)9-12)14(18)17-8-4-7-15(2,19)10-17/h11-13,19H,3-10,16H2,1-2H3. The van der Waals surface area contributed by atoms with Gasteiger partial charge in [0, 0.05) is 25.0 Å². The van der Waals surface area contributed by atoms with Crippen LogP contribution in [0.25, 0.3) is 0 Å². The van der Waals surface area contributed by atoms with E-state index in [1.165, 1.54) is 0 Å². The van der Waals surface area contributed by atoms with Crippen molar-refractivity contribution >= 4 is 5.91 Å². The van der Waals surface area contributed by atoms with Crippen molar-refractivity contribution in [2.75, 3.05) is 13.1 Å². The molecule has 4 unspecified atom stereocenters. The third-order valence-electron chi connectivity index (χ3n) is 4.84. The van der Waals surface area contributed by atoms with Gasteiger partial charge in [0.05, 0.1) is 5.60 Å². The number of nitrogens with zero attached hydrogens (tertiary/aromatic N) is 1. The van der Waals surface area contributed by atoms with E-state index in [0.29, 0.717) is 12.5 Å². The van der Waals surface area contributed by atoms with E-state index < -0.39 is 5.60 Å². The first-order chi connectivity index (χ1) is 8.89. The number of carbonyl (C=O) groups excluding carboxylic acids is 1. The molecule has 1 heterocycles. The Bertz CT molecular complexity index is 330. The van der Waals surface area contributed by atoms with Gasteiger partial charge in [-0.05, 0) is 44.9 Å². The van der Waals surface area contributed by atoms with E-state index in [0.717, 1.165) is 45.1 Å². The van der Waals surface area contributed by atoms with Crippen LogP contribution in [0.3, 0.4) is 0 Å². The van der Waals surface area contributed by atoms with Crippen LogP contribution in [0.2, 0.25) is 0 Å². The summed E-state index contributed by atoms with van der Waals surface area (Å²) in [6.45, 7) is 5.13. The fourth-order valence-corrected chi connectivity index (χ4v) is 3.62. The van der Waals surface area contributed by atoms with Gasteiger partial charge < -0.3 is 15.7 Å². The highest BCUT2D eigenvalue weighted by atomic mass is 16.3. The summed E-state index contributed by atoms with van der Waals surface area (Å²) in [6.07, 6.45) is 6.01. The Hall–Kier alpha value is -0.610. The topological polar surface area (TPSA) is 66.6 Å². The van der Waals surface area contributed by atoms with Crippen LogP contribution in [0.1, 0.15) is 52.4 Å². The molecule has 0 spiro atoms. The minimum absolute atomic E-state index is 0.0419. The van der Waals surface area contributed by atoms with Gasteiger partial charge in [-0.3, -0.25) is 4.79 Å². The predicted octanol–water partition coefficient (Wildman–Crippen LogP) is 1.51. The number of carbonyl (C=O) groups is 1. The van der Waals surface area contributed by atoms with Gasteiger partial charge in [-0.1, -0.05) is 13.3 Å². The lowest BCUT2D eigenvalue weighted by molar-refractivity contribution is -0.143. The van der Waals surface area contributed by atoms with E-state index in [1.807, 2.05) is 18.7 Å². The van der Waals surface area contributed by atoms with Crippen LogP contribution in [0, 0.1) is 11.8 Å². The minimum Gasteiger partial charge on any atom is -0.388 e. The molecule has 1 saturated heterocycles. The highest BCUT2D eigenvalue weighted by Crippen LogP contribution is 2.31. The van der Waals surface area contributed by atoms with E-state index in [2.05, 4.69) is 0 Å². The molecule has 4 heteroatoms. The van der Waals surface area contributed by atoms with Crippen LogP contribution in [-0.4, -0.2) is 40.6 Å². The van der Waals surface area contributed by atoms with E-state index in [1.54, 1.807) is 0 Å². The fraction of sp³-hybridized carbons (Fsp3) is 0.933. The van der Waals surface area contributed by atoms with Crippen molar-refractivity contribution in [2.24, 2.45) is 17.6 Å². The summed E-state index contributed by atoms with van der Waals surface area (Å²) in [5, 5.41) is 10.1. The van der Waals surface area contributed by atoms with Crippen LogP contribution >= 0.6 is 0 Å². The predicted molar refractivity (Wildman–Crippen MR) is 75.5 cm³/mol. The zero-order valence-corrected chi connectivity index (χ0v) is 12.3. The first kappa shape index (κ1) is 14.8. The van der Waals surface area contributed by atoms with E-state index in [-0.39, 0.29) is 17.9 Å². The Morgan fingerprint density at radius 1 is 1.42 bits per heavy atom. The summed E-state index contributed by atoms with van der Waals surface area (Å²) < 4.78 is 0. The maximum atomic E-state index is 12.6. The number of β-amino-alcohol motifs (C(OH)–C–C–N with tert-alkyl or cyclic N) is 1. The Kier molecular flexibility index (Phi) is 4.51. The second-order valence-corrected chi connectivity index (χ2v) is 6.84. The molecule has 0 aromatic carbocycles. The molecule has 0 aromatic heterocycles. The number of hydrogen-bond acceptors (Lipinski definition) is 3. The van der Waals surface area contributed by atoms with Gasteiger partial charge in [-0.15, -0.1) is 0 Å². The molecule has 2 fully saturated rings. The molecule has 0 radical (unpaired) electrons. The molecule has 1 amide bonds. The van der Waals surface area contributed by atoms with Gasteiger partial charge in [0.2, 0.25) is 5.91 Å². The van der Waals surface area contributed by atoms with Crippen molar-refractivity contribution in [3.63, 3.8) is 0 Å². The molecule has 0 bridgehead atoms. The number of hydrogen-bond donors (Lipinski definition) is 2. The Morgan fingerprint density at radius 2 is 2.16 bits per heavy atom. The highest BCUT2D eigenvalue weighted by Gasteiger charge is 2.35. The summed E-state index contributed by atoms with van der Waals surface area (Å²) in [4.78, 5) is 14.4. The zero-order chi connectivity index (χ0) is 14.0. The molecule has 19 heavy (non-hydrogen) atoms. The van der Waals surface area contributed by atoms with Crippen molar-refractivity contribution in [3.05, 3.63) is 0 Å². The van der Waals surface area contributed by atoms with Crippen molar-refractivity contribution in [3.8, 4) is 0 Å². The molecular weight excluding hydrogens is 240 g/mol. The van der Waals surface area contributed by atoms with Gasteiger partial charge in [0.25, 0.3) is 0 Å². The number of aliphatic hydroxyl groups is 1. The first-order valence-corrected chi connectivity index (χ1v) is 7.66. The van der Waals surface area contributed by atoms with Crippen LogP contribution in [-0.2, 0) is 4.79 Å². The number of likely N-dealkylation sites (tertiary alicyclic amines) is 1. The SMILES string of the molecule is CC(C(=O)N1CCCC(C)(O)C1)C1CCCC(N)C1. The molecule has 3 N–H and O–H groups in total. The Balaban J connectivity index is 1.94. The molecule has 1 aliphatic heterocycles. The summed E-state index contributed by atoms with van der Waals surface area (Å²) in [6, 6.07) is 0.262. The third-order valence-corrected chi connectivity index (χ3v) is 4.84. The molecule has 2 rings (SSSR count). The number of rotatable bonds is 2. The van der Waals surface area contributed by atoms with Crippen molar-refractivity contribution < 1.29 is 9.90 Å². The van der Waals surface area contributed by atoms with Crippen molar-refractivity contribution in [1.29, 1.82) is 0 Å². The summed E-state index contributed by atoms with van der Waals surface area (Å²) in [7, 11) is 0. The maximum absolute atomic E-state index is 12.6. The van der Waals surface area contributed by atoms with Gasteiger partial charge in [0.1, 0.15) is 0 Å². The normalized spacial score (nSPS) is 38.0. The molecule has 4 nitrogen and oxygen atoms in total. The molecule has 4 atom stereocenters. The molecule has 110 valence electrons. The van der Waals surface area contributed by atoms with E-state index >= 15 is 0 Å². The van der Waals surface area contributed by atoms with Crippen LogP contribution < -0.4 is 5.73 Å². The summed E-state index contributed by atoms with van der Waals surface area (Å²) >= 11 is 0. The number of amides is 1. The largest absolute Gasteiger partial charge is 0.388 e. The molecule has 1 saturated carbocycles. The van der Waals surface area contributed by atoms with Gasteiger partial charge >= 0.3 is 0 Å². The smallest absolute Gasteiger partial charge is 0.225 e. The summed E-state index contributed by atoms with van der Waals surface area (Å²) in [5.74, 6) is 0.669. The molecule has 1 aliphatic carbocycles. The lowest BCUT2D eigenvalue weighted by Gasteiger charge is -2.40. The minimum atomic E-state index is -0.712. The molecule has 2 aliphatic rings. The van der Waals surface area contributed by atoms with E-state index in [4.69, 9.17) is 5.73 Å². The Labute approximate surface area is 116 Å². The van der Waals surface area contributed by atoms with Crippen molar-refractivity contribution in [2.45, 2.75) is 64.0 Å². The maximum Gasteiger partial charge on any atom is 0.225 e. The van der Waals surface area contributed by atoms with Crippen LogP contribution in [0.15, 0.2) is 0 Å².